The summed E-state index contributed by atoms with van der Waals surface area (Å²) in [6.45, 7) is 3.45. The number of nitrogens with two attached hydrogens (primary N) is 1. The van der Waals surface area contributed by atoms with Crippen LogP contribution in [0.4, 0.5) is 4.79 Å². The van der Waals surface area contributed by atoms with E-state index in [0.717, 1.165) is 67.8 Å². The Morgan fingerprint density at radius 2 is 1.91 bits per heavy atom. The van der Waals surface area contributed by atoms with Gasteiger partial charge in [-0.15, -0.1) is 0 Å². The zero-order valence-electron chi connectivity index (χ0n) is 13.4. The van der Waals surface area contributed by atoms with Gasteiger partial charge in [0.2, 0.25) is 0 Å². The molecule has 0 bridgehead atoms. The van der Waals surface area contributed by atoms with Crippen molar-refractivity contribution in [2.75, 3.05) is 13.1 Å². The summed E-state index contributed by atoms with van der Waals surface area (Å²) in [6, 6.07) is -0.699. The zero-order chi connectivity index (χ0) is 16.4. The van der Waals surface area contributed by atoms with Crippen LogP contribution in [0.2, 0.25) is 0 Å². The Balaban J connectivity index is 1.91. The third-order valence-corrected chi connectivity index (χ3v) is 4.46. The second-order valence-electron chi connectivity index (χ2n) is 6.10. The average molecular weight is 318 g/mol. The van der Waals surface area contributed by atoms with E-state index >= 15 is 0 Å². The number of primary amides is 1. The SMILES string of the molecule is Cc1c(C(=O)N2CCCCC2)oc2c1/C(=N/NC(N)=O)CCC2. The number of nitrogens with zero attached hydrogens (tertiary/aromatic N) is 2. The van der Waals surface area contributed by atoms with Crippen molar-refractivity contribution in [3.05, 3.63) is 22.6 Å². The first kappa shape index (κ1) is 15.6. The van der Waals surface area contributed by atoms with Crippen LogP contribution in [0.3, 0.4) is 0 Å². The molecule has 0 unspecified atom stereocenters. The van der Waals surface area contributed by atoms with Crippen molar-refractivity contribution in [1.82, 2.24) is 10.3 Å². The van der Waals surface area contributed by atoms with Gasteiger partial charge in [0.15, 0.2) is 5.76 Å². The number of piperidine rings is 1. The van der Waals surface area contributed by atoms with Crippen molar-refractivity contribution in [2.24, 2.45) is 10.8 Å². The Bertz CT molecular complexity index is 657. The van der Waals surface area contributed by atoms with Gasteiger partial charge in [-0.3, -0.25) is 4.79 Å². The maximum atomic E-state index is 12.7. The number of aryl methyl sites for hydroxylation is 1. The number of carbonyl (C=O) groups is 2. The molecule has 0 saturated carbocycles. The zero-order valence-corrected chi connectivity index (χ0v) is 13.4. The smallest absolute Gasteiger partial charge is 0.332 e. The minimum Gasteiger partial charge on any atom is -0.455 e. The number of urea groups is 1. The highest BCUT2D eigenvalue weighted by Crippen LogP contribution is 2.31. The summed E-state index contributed by atoms with van der Waals surface area (Å²) in [5, 5.41) is 4.08. The highest BCUT2D eigenvalue weighted by molar-refractivity contribution is 6.06. The van der Waals surface area contributed by atoms with Crippen LogP contribution in [0.25, 0.3) is 0 Å². The van der Waals surface area contributed by atoms with Crippen LogP contribution in [0, 0.1) is 6.92 Å². The van der Waals surface area contributed by atoms with E-state index in [1.807, 2.05) is 11.8 Å². The molecule has 0 radical (unpaired) electrons. The first-order valence-corrected chi connectivity index (χ1v) is 8.12. The van der Waals surface area contributed by atoms with E-state index in [2.05, 4.69) is 10.5 Å². The summed E-state index contributed by atoms with van der Waals surface area (Å²) in [6.07, 6.45) is 5.63. The molecule has 23 heavy (non-hydrogen) atoms. The van der Waals surface area contributed by atoms with E-state index in [4.69, 9.17) is 10.2 Å². The third kappa shape index (κ3) is 3.09. The van der Waals surface area contributed by atoms with Gasteiger partial charge >= 0.3 is 6.03 Å². The average Bonchev–Trinajstić information content (AvgIpc) is 2.90. The summed E-state index contributed by atoms with van der Waals surface area (Å²) < 4.78 is 5.87. The second-order valence-corrected chi connectivity index (χ2v) is 6.10. The number of nitrogens with one attached hydrogen (secondary N) is 1. The fraction of sp³-hybridized carbons (Fsp3) is 0.562. The van der Waals surface area contributed by atoms with E-state index in [-0.39, 0.29) is 5.91 Å². The quantitative estimate of drug-likeness (QED) is 0.814. The fourth-order valence-electron chi connectivity index (χ4n) is 3.35. The molecule has 3 amide bonds. The molecule has 3 rings (SSSR count). The molecule has 1 aromatic rings. The van der Waals surface area contributed by atoms with Crippen LogP contribution in [-0.4, -0.2) is 35.6 Å². The lowest BCUT2D eigenvalue weighted by atomic mass is 9.93. The fourth-order valence-corrected chi connectivity index (χ4v) is 3.35. The van der Waals surface area contributed by atoms with Crippen LogP contribution in [-0.2, 0) is 6.42 Å². The van der Waals surface area contributed by atoms with Crippen molar-refractivity contribution >= 4 is 17.6 Å². The van der Waals surface area contributed by atoms with Crippen molar-refractivity contribution in [3.63, 3.8) is 0 Å². The minimum atomic E-state index is -0.699. The van der Waals surface area contributed by atoms with E-state index in [1.165, 1.54) is 6.42 Å². The standard InChI is InChI=1S/C16H22N4O3/c1-10-13-11(18-19-16(17)22)6-5-7-12(13)23-14(10)15(21)20-8-3-2-4-9-20/h2-9H2,1H3,(H3,17,19,22)/b18-11+. The highest BCUT2D eigenvalue weighted by Gasteiger charge is 2.30. The van der Waals surface area contributed by atoms with E-state index in [9.17, 15) is 9.59 Å². The first-order valence-electron chi connectivity index (χ1n) is 8.12. The number of likely N-dealkylation sites (tertiary alicyclic amines) is 1. The lowest BCUT2D eigenvalue weighted by Crippen LogP contribution is -2.35. The van der Waals surface area contributed by atoms with E-state index in [0.29, 0.717) is 5.76 Å². The maximum Gasteiger partial charge on any atom is 0.332 e. The Morgan fingerprint density at radius 1 is 1.17 bits per heavy atom. The minimum absolute atomic E-state index is 0.0428. The molecule has 0 aromatic carbocycles. The molecule has 0 spiro atoms. The van der Waals surface area contributed by atoms with Crippen LogP contribution >= 0.6 is 0 Å². The van der Waals surface area contributed by atoms with E-state index < -0.39 is 6.03 Å². The summed E-state index contributed by atoms with van der Waals surface area (Å²) >= 11 is 0. The summed E-state index contributed by atoms with van der Waals surface area (Å²) in [7, 11) is 0. The lowest BCUT2D eigenvalue weighted by Gasteiger charge is -2.25. The predicted octanol–water partition coefficient (Wildman–Crippen LogP) is 1.92. The number of fused-ring (bicyclic) bond motifs is 1. The molecular formula is C16H22N4O3. The monoisotopic (exact) mass is 318 g/mol. The largest absolute Gasteiger partial charge is 0.455 e. The summed E-state index contributed by atoms with van der Waals surface area (Å²) in [5.74, 6) is 1.14. The summed E-state index contributed by atoms with van der Waals surface area (Å²) in [4.78, 5) is 25.5. The van der Waals surface area contributed by atoms with Crippen molar-refractivity contribution in [3.8, 4) is 0 Å². The molecule has 1 aromatic heterocycles. The first-order chi connectivity index (χ1) is 11.1. The molecule has 1 aliphatic heterocycles. The summed E-state index contributed by atoms with van der Waals surface area (Å²) in [5.41, 5.74) is 9.74. The molecule has 1 fully saturated rings. The molecule has 1 saturated heterocycles. The number of hydrazone groups is 1. The van der Waals surface area contributed by atoms with E-state index in [1.54, 1.807) is 0 Å². The molecule has 2 heterocycles. The molecule has 124 valence electrons. The van der Waals surface area contributed by atoms with Gasteiger partial charge in [0.25, 0.3) is 5.91 Å². The van der Waals surface area contributed by atoms with Crippen LogP contribution in [0.15, 0.2) is 9.52 Å². The van der Waals surface area contributed by atoms with Gasteiger partial charge < -0.3 is 15.1 Å². The van der Waals surface area contributed by atoms with Gasteiger partial charge in [-0.1, -0.05) is 0 Å². The number of furan rings is 1. The van der Waals surface area contributed by atoms with Crippen LogP contribution in [0.5, 0.6) is 0 Å². The maximum absolute atomic E-state index is 12.7. The molecule has 1 aliphatic carbocycles. The van der Waals surface area contributed by atoms with Gasteiger partial charge in [-0.05, 0) is 39.0 Å². The molecule has 3 N–H and O–H groups in total. The Labute approximate surface area is 134 Å². The van der Waals surface area contributed by atoms with Crippen LogP contribution in [0.1, 0.15) is 59.5 Å². The van der Waals surface area contributed by atoms with Gasteiger partial charge in [0, 0.05) is 30.6 Å². The molecule has 0 atom stereocenters. The number of hydrogen-bond donors (Lipinski definition) is 2. The van der Waals surface area contributed by atoms with Crippen LogP contribution < -0.4 is 11.2 Å². The highest BCUT2D eigenvalue weighted by atomic mass is 16.4. The molecule has 7 heteroatoms. The normalized spacial score (nSPS) is 19.5. The Hall–Kier alpha value is -2.31. The molecule has 7 nitrogen and oxygen atoms in total. The third-order valence-electron chi connectivity index (χ3n) is 4.46. The van der Waals surface area contributed by atoms with Gasteiger partial charge in [0.1, 0.15) is 5.76 Å². The topological polar surface area (TPSA) is 101 Å². The Morgan fingerprint density at radius 3 is 2.61 bits per heavy atom. The second kappa shape index (κ2) is 6.44. The van der Waals surface area contributed by atoms with Crippen molar-refractivity contribution in [1.29, 1.82) is 0 Å². The number of carbonyl (C=O) groups excluding carboxylic acids is 2. The number of rotatable bonds is 2. The van der Waals surface area contributed by atoms with Gasteiger partial charge in [-0.25, -0.2) is 10.2 Å². The lowest BCUT2D eigenvalue weighted by molar-refractivity contribution is 0.0689. The van der Waals surface area contributed by atoms with Gasteiger partial charge in [-0.2, -0.15) is 5.10 Å². The molecule has 2 aliphatic rings. The Kier molecular flexibility index (Phi) is 4.36. The van der Waals surface area contributed by atoms with Gasteiger partial charge in [0.05, 0.1) is 5.71 Å². The van der Waals surface area contributed by atoms with Crippen molar-refractivity contribution < 1.29 is 14.0 Å². The molecular weight excluding hydrogens is 296 g/mol. The number of amides is 3. The predicted molar refractivity (Wildman–Crippen MR) is 85.4 cm³/mol. The van der Waals surface area contributed by atoms with Crippen molar-refractivity contribution in [2.45, 2.75) is 45.4 Å². The number of hydrogen-bond acceptors (Lipinski definition) is 4.